The van der Waals surface area contributed by atoms with Crippen LogP contribution in [0.5, 0.6) is 0 Å². The van der Waals surface area contributed by atoms with Crippen molar-refractivity contribution in [3.05, 3.63) is 0 Å². The molecule has 72 valence electrons. The molecule has 0 aromatic heterocycles. The third kappa shape index (κ3) is 4.92. The molecule has 0 saturated carbocycles. The number of amides is 1. The van der Waals surface area contributed by atoms with Crippen molar-refractivity contribution in [2.75, 3.05) is 27.4 Å². The number of aliphatic hydroxyl groups is 1. The van der Waals surface area contributed by atoms with Crippen molar-refractivity contribution >= 4 is 6.09 Å². The average molecular weight is 177 g/mol. The number of methoxy groups -OCH3 is 2. The Labute approximate surface area is 71.7 Å². The van der Waals surface area contributed by atoms with Crippen molar-refractivity contribution in [3.8, 4) is 0 Å². The molecule has 12 heavy (non-hydrogen) atoms. The molecule has 0 bridgehead atoms. The fourth-order valence-corrected chi connectivity index (χ4v) is 0.780. The Balaban J connectivity index is 3.68. The molecule has 0 saturated heterocycles. The first-order valence-corrected chi connectivity index (χ1v) is 3.68. The second kappa shape index (κ2) is 6.87. The Morgan fingerprint density at radius 2 is 2.25 bits per heavy atom. The van der Waals surface area contributed by atoms with E-state index in [9.17, 15) is 4.79 Å². The highest BCUT2D eigenvalue weighted by atomic mass is 16.5. The smallest absolute Gasteiger partial charge is 0.407 e. The van der Waals surface area contributed by atoms with Gasteiger partial charge in [0.15, 0.2) is 0 Å². The molecule has 0 heterocycles. The maximum atomic E-state index is 10.7. The molecule has 0 spiro atoms. The molecule has 1 amide bonds. The van der Waals surface area contributed by atoms with E-state index < -0.39 is 6.09 Å². The molecular formula is C7H15NO4. The van der Waals surface area contributed by atoms with E-state index in [0.29, 0.717) is 13.0 Å². The summed E-state index contributed by atoms with van der Waals surface area (Å²) in [6.07, 6.45) is -0.0475. The molecule has 2 N–H and O–H groups in total. The standard InChI is InChI=1S/C7H15NO4/c1-11-5-6(3-4-9)8-7(10)12-2/h6,9H,3-5H2,1-2H3,(H,8,10). The molecule has 0 fully saturated rings. The van der Waals surface area contributed by atoms with Gasteiger partial charge >= 0.3 is 6.09 Å². The Kier molecular flexibility index (Phi) is 6.41. The quantitative estimate of drug-likeness (QED) is 0.607. The lowest BCUT2D eigenvalue weighted by atomic mass is 10.2. The highest BCUT2D eigenvalue weighted by Crippen LogP contribution is 1.92. The van der Waals surface area contributed by atoms with E-state index in [0.717, 1.165) is 0 Å². The van der Waals surface area contributed by atoms with Crippen molar-refractivity contribution in [1.82, 2.24) is 5.32 Å². The molecular weight excluding hydrogens is 162 g/mol. The number of rotatable bonds is 5. The summed E-state index contributed by atoms with van der Waals surface area (Å²) in [5.74, 6) is 0. The predicted molar refractivity (Wildman–Crippen MR) is 42.9 cm³/mol. The van der Waals surface area contributed by atoms with Crippen molar-refractivity contribution in [2.24, 2.45) is 0 Å². The van der Waals surface area contributed by atoms with Crippen LogP contribution in [0.25, 0.3) is 0 Å². The van der Waals surface area contributed by atoms with E-state index in [1.807, 2.05) is 0 Å². The number of hydrogen-bond donors (Lipinski definition) is 2. The second-order valence-corrected chi connectivity index (χ2v) is 2.30. The minimum Gasteiger partial charge on any atom is -0.453 e. The zero-order valence-corrected chi connectivity index (χ0v) is 7.37. The fraction of sp³-hybridized carbons (Fsp3) is 0.857. The fourth-order valence-electron chi connectivity index (χ4n) is 0.780. The lowest BCUT2D eigenvalue weighted by Crippen LogP contribution is -2.38. The predicted octanol–water partition coefficient (Wildman–Crippen LogP) is -0.260. The third-order valence-corrected chi connectivity index (χ3v) is 1.35. The van der Waals surface area contributed by atoms with Gasteiger partial charge in [-0.15, -0.1) is 0 Å². The van der Waals surface area contributed by atoms with Crippen LogP contribution in [-0.2, 0) is 9.47 Å². The van der Waals surface area contributed by atoms with Crippen molar-refractivity contribution in [3.63, 3.8) is 0 Å². The molecule has 0 aromatic carbocycles. The summed E-state index contributed by atoms with van der Waals surface area (Å²) in [6.45, 7) is 0.383. The normalized spacial score (nSPS) is 12.2. The number of alkyl carbamates (subject to hydrolysis) is 1. The van der Waals surface area contributed by atoms with Crippen LogP contribution in [0.4, 0.5) is 4.79 Å². The lowest BCUT2D eigenvalue weighted by Gasteiger charge is -2.15. The minimum absolute atomic E-state index is 0.0119. The Morgan fingerprint density at radius 1 is 1.58 bits per heavy atom. The van der Waals surface area contributed by atoms with Crippen LogP contribution in [0.15, 0.2) is 0 Å². The summed E-state index contributed by atoms with van der Waals surface area (Å²) in [5, 5.41) is 11.1. The van der Waals surface area contributed by atoms with Gasteiger partial charge in [-0.05, 0) is 6.42 Å². The van der Waals surface area contributed by atoms with Gasteiger partial charge in [-0.25, -0.2) is 4.79 Å². The molecule has 0 aliphatic heterocycles. The first-order valence-electron chi connectivity index (χ1n) is 3.68. The minimum atomic E-state index is -0.509. The van der Waals surface area contributed by atoms with Gasteiger partial charge in [-0.2, -0.15) is 0 Å². The topological polar surface area (TPSA) is 67.8 Å². The first kappa shape index (κ1) is 11.2. The van der Waals surface area contributed by atoms with Gasteiger partial charge in [-0.1, -0.05) is 0 Å². The summed E-state index contributed by atoms with van der Waals surface area (Å²) in [6, 6.07) is -0.188. The lowest BCUT2D eigenvalue weighted by molar-refractivity contribution is 0.130. The van der Waals surface area contributed by atoms with Crippen LogP contribution >= 0.6 is 0 Å². The largest absolute Gasteiger partial charge is 0.453 e. The third-order valence-electron chi connectivity index (χ3n) is 1.35. The molecule has 1 atom stereocenters. The van der Waals surface area contributed by atoms with Crippen LogP contribution in [0.1, 0.15) is 6.42 Å². The number of ether oxygens (including phenoxy) is 2. The van der Waals surface area contributed by atoms with Crippen molar-refractivity contribution in [2.45, 2.75) is 12.5 Å². The Bertz CT molecular complexity index is 123. The summed E-state index contributed by atoms with van der Waals surface area (Å²) in [7, 11) is 2.82. The Hall–Kier alpha value is -0.810. The van der Waals surface area contributed by atoms with Gasteiger partial charge in [0.1, 0.15) is 0 Å². The van der Waals surface area contributed by atoms with E-state index >= 15 is 0 Å². The van der Waals surface area contributed by atoms with E-state index in [1.165, 1.54) is 14.2 Å². The summed E-state index contributed by atoms with van der Waals surface area (Å²) in [4.78, 5) is 10.7. The van der Waals surface area contributed by atoms with Crippen LogP contribution < -0.4 is 5.32 Å². The number of nitrogens with one attached hydrogen (secondary N) is 1. The summed E-state index contributed by atoms with van der Waals surface area (Å²) >= 11 is 0. The van der Waals surface area contributed by atoms with E-state index in [-0.39, 0.29) is 12.6 Å². The van der Waals surface area contributed by atoms with Crippen LogP contribution in [0.3, 0.4) is 0 Å². The van der Waals surface area contributed by atoms with Crippen molar-refractivity contribution < 1.29 is 19.4 Å². The van der Waals surface area contributed by atoms with E-state index in [2.05, 4.69) is 10.1 Å². The molecule has 0 radical (unpaired) electrons. The van der Waals surface area contributed by atoms with Gasteiger partial charge in [0.25, 0.3) is 0 Å². The maximum Gasteiger partial charge on any atom is 0.407 e. The molecule has 1 unspecified atom stereocenters. The zero-order valence-electron chi connectivity index (χ0n) is 7.37. The molecule has 0 aliphatic carbocycles. The van der Waals surface area contributed by atoms with Gasteiger partial charge in [-0.3, -0.25) is 0 Å². The Morgan fingerprint density at radius 3 is 2.67 bits per heavy atom. The molecule has 0 aromatic rings. The zero-order chi connectivity index (χ0) is 9.40. The van der Waals surface area contributed by atoms with E-state index in [1.54, 1.807) is 0 Å². The molecule has 5 heteroatoms. The first-order chi connectivity index (χ1) is 5.74. The average Bonchev–Trinajstić information content (AvgIpc) is 2.05. The van der Waals surface area contributed by atoms with E-state index in [4.69, 9.17) is 9.84 Å². The summed E-state index contributed by atoms with van der Waals surface area (Å²) in [5.41, 5.74) is 0. The number of carbonyl (C=O) groups is 1. The van der Waals surface area contributed by atoms with Crippen LogP contribution in [0.2, 0.25) is 0 Å². The number of hydrogen-bond acceptors (Lipinski definition) is 4. The van der Waals surface area contributed by atoms with Crippen LogP contribution in [-0.4, -0.2) is 44.7 Å². The van der Waals surface area contributed by atoms with Gasteiger partial charge < -0.3 is 19.9 Å². The van der Waals surface area contributed by atoms with Crippen LogP contribution in [0, 0.1) is 0 Å². The SMILES string of the molecule is COCC(CCO)NC(=O)OC. The summed E-state index contributed by atoms with van der Waals surface area (Å²) < 4.78 is 9.21. The van der Waals surface area contributed by atoms with Gasteiger partial charge in [0.05, 0.1) is 19.8 Å². The highest BCUT2D eigenvalue weighted by molar-refractivity contribution is 5.67. The number of aliphatic hydroxyl groups excluding tert-OH is 1. The molecule has 0 rings (SSSR count). The molecule has 5 nitrogen and oxygen atoms in total. The van der Waals surface area contributed by atoms with Crippen molar-refractivity contribution in [1.29, 1.82) is 0 Å². The maximum absolute atomic E-state index is 10.7. The molecule has 0 aliphatic rings. The van der Waals surface area contributed by atoms with Gasteiger partial charge in [0, 0.05) is 13.7 Å². The number of carbonyl (C=O) groups excluding carboxylic acids is 1. The second-order valence-electron chi connectivity index (χ2n) is 2.30. The van der Waals surface area contributed by atoms with Gasteiger partial charge in [0.2, 0.25) is 0 Å². The highest BCUT2D eigenvalue weighted by Gasteiger charge is 2.10. The monoisotopic (exact) mass is 177 g/mol.